The molecule has 10 aromatic rings. The van der Waals surface area contributed by atoms with Gasteiger partial charge in [-0.1, -0.05) is 192 Å². The van der Waals surface area contributed by atoms with E-state index in [9.17, 15) is 0 Å². The van der Waals surface area contributed by atoms with E-state index >= 15 is 0 Å². The van der Waals surface area contributed by atoms with Crippen LogP contribution in [0, 0.1) is 25.7 Å². The number of anilines is 4. The van der Waals surface area contributed by atoms with Crippen molar-refractivity contribution in [1.82, 2.24) is 9.55 Å². The molecular weight excluding hydrogens is 1120 g/mol. The fraction of sp³-hybridized carbons (Fsp3) is 0.239. The first-order valence-corrected chi connectivity index (χ1v) is 26.8. The second-order valence-electron chi connectivity index (χ2n) is 24.9. The van der Waals surface area contributed by atoms with Crippen molar-refractivity contribution in [3.63, 3.8) is 0 Å². The summed E-state index contributed by atoms with van der Waals surface area (Å²) in [5, 5.41) is 2.19. The van der Waals surface area contributed by atoms with Crippen LogP contribution in [-0.4, -0.2) is 9.55 Å². The zero-order chi connectivity index (χ0) is 53.5. The summed E-state index contributed by atoms with van der Waals surface area (Å²) in [4.78, 5) is 9.79. The van der Waals surface area contributed by atoms with E-state index in [-0.39, 0.29) is 42.7 Å². The third-order valence-electron chi connectivity index (χ3n) is 15.1. The Morgan fingerprint density at radius 3 is 1.74 bits per heavy atom. The number of aryl methyl sites for hydroxylation is 1. The predicted molar refractivity (Wildman–Crippen MR) is 320 cm³/mol. The van der Waals surface area contributed by atoms with Crippen LogP contribution in [0.15, 0.2) is 176 Å². The van der Waals surface area contributed by atoms with Gasteiger partial charge in [-0.05, 0) is 126 Å². The molecule has 392 valence electrons. The summed E-state index contributed by atoms with van der Waals surface area (Å²) in [5.41, 5.74) is 19.4. The zero-order valence-corrected chi connectivity index (χ0v) is 49.1. The van der Waals surface area contributed by atoms with Crippen molar-refractivity contribution in [1.29, 1.82) is 0 Å². The maximum absolute atomic E-state index is 6.82. The number of nitrogens with zero attached hydrogens (tertiary/aromatic N) is 4. The van der Waals surface area contributed by atoms with Gasteiger partial charge in [-0.3, -0.25) is 0 Å². The molecule has 8 aromatic carbocycles. The summed E-state index contributed by atoms with van der Waals surface area (Å²) < 4.78 is 9.05. The first-order valence-electron chi connectivity index (χ1n) is 26.8. The van der Waals surface area contributed by atoms with Crippen LogP contribution in [0.3, 0.4) is 0 Å². The molecule has 0 amide bonds. The van der Waals surface area contributed by atoms with Crippen molar-refractivity contribution >= 4 is 44.6 Å². The summed E-state index contributed by atoms with van der Waals surface area (Å²) in [5.74, 6) is 2.00. The van der Waals surface area contributed by atoms with Crippen molar-refractivity contribution in [2.75, 3.05) is 9.80 Å². The van der Waals surface area contributed by atoms with Gasteiger partial charge in [-0.25, -0.2) is 4.98 Å². The fourth-order valence-electron chi connectivity index (χ4n) is 10.4. The average molecular weight is 1190 g/mol. The third-order valence-corrected chi connectivity index (χ3v) is 15.1. The predicted octanol–water partition coefficient (Wildman–Crippen LogP) is 19.5. The normalized spacial score (nSPS) is 13.1. The molecule has 11 rings (SSSR count). The quantitative estimate of drug-likeness (QED) is 0.142. The Labute approximate surface area is 471 Å². The van der Waals surface area contributed by atoms with E-state index in [1.807, 2.05) is 24.4 Å². The molecule has 0 bridgehead atoms. The molecule has 2 aromatic heterocycles. The standard InChI is InChI=1S/C71H69N4O.Pt/c1-46-35-67(72-44-62(46)51-21-17-22-53(36-51)69(5,6)7)75-63-33-27-49(47-19-15-14-16-20-47)37-61(63)60-32-31-59(43-65(60)75)76-58-24-18-23-56(42-58)73-45-74(57-40-54(70(8,9)10)39-55(41-57)71(11,12)13)66-38-50(28-34-64(66)73)48-25-29-52(30-26-48)68(2,3)4;/h14-41,44-45H,1-13H3;/q-3;. The number of rotatable bonds is 8. The minimum atomic E-state index is -0.0486. The van der Waals surface area contributed by atoms with E-state index in [1.54, 1.807) is 0 Å². The first-order chi connectivity index (χ1) is 36.1. The maximum atomic E-state index is 6.82. The second kappa shape index (κ2) is 20.0. The van der Waals surface area contributed by atoms with Gasteiger partial charge in [0.15, 0.2) is 0 Å². The Hall–Kier alpha value is -7.20. The first kappa shape index (κ1) is 53.2. The van der Waals surface area contributed by atoms with Crippen LogP contribution in [0.5, 0.6) is 11.5 Å². The maximum Gasteiger partial charge on any atom is 0.135 e. The second-order valence-corrected chi connectivity index (χ2v) is 24.9. The third kappa shape index (κ3) is 10.5. The molecule has 5 nitrogen and oxygen atoms in total. The molecule has 3 heterocycles. The van der Waals surface area contributed by atoms with Crippen LogP contribution < -0.4 is 14.5 Å². The van der Waals surface area contributed by atoms with E-state index in [4.69, 9.17) is 9.72 Å². The largest absolute Gasteiger partial charge is 0.509 e. The van der Waals surface area contributed by atoms with Gasteiger partial charge in [0.1, 0.15) is 5.82 Å². The molecule has 0 saturated carbocycles. The van der Waals surface area contributed by atoms with Gasteiger partial charge in [0.05, 0.1) is 0 Å². The Morgan fingerprint density at radius 1 is 0.455 bits per heavy atom. The van der Waals surface area contributed by atoms with E-state index < -0.39 is 0 Å². The SMILES string of the molecule is Cc1cc(-n2c3[c-]c(Oc4[c-]c(N5[CH-]N(c6cc(C(C)(C)C)cc(C(C)(C)C)c6)c6cc(-c7ccc(C(C)(C)C)cc7)ccc65)ccc4)ccc3c3cc(-c4ccccc4)ccc32)ncc1-c1cccc(C(C)(C)C)c1.[Pt]. The molecule has 0 fully saturated rings. The van der Waals surface area contributed by atoms with E-state index in [0.29, 0.717) is 11.5 Å². The Balaban J connectivity index is 0.00000672. The molecule has 1 aliphatic heterocycles. The van der Waals surface area contributed by atoms with Crippen LogP contribution in [0.2, 0.25) is 0 Å². The van der Waals surface area contributed by atoms with E-state index in [0.717, 1.165) is 72.6 Å². The van der Waals surface area contributed by atoms with Gasteiger partial charge in [0.2, 0.25) is 0 Å². The van der Waals surface area contributed by atoms with Crippen LogP contribution >= 0.6 is 0 Å². The molecule has 6 heteroatoms. The smallest absolute Gasteiger partial charge is 0.135 e. The molecule has 0 spiro atoms. The zero-order valence-electron chi connectivity index (χ0n) is 46.8. The Kier molecular flexibility index (Phi) is 13.8. The summed E-state index contributed by atoms with van der Waals surface area (Å²) in [7, 11) is 0. The number of ether oxygens (including phenoxy) is 1. The van der Waals surface area contributed by atoms with Crippen molar-refractivity contribution in [2.24, 2.45) is 0 Å². The van der Waals surface area contributed by atoms with Crippen LogP contribution in [0.25, 0.3) is 61.0 Å². The molecule has 0 atom stereocenters. The summed E-state index contributed by atoms with van der Waals surface area (Å²) >= 11 is 0. The minimum Gasteiger partial charge on any atom is -0.509 e. The van der Waals surface area contributed by atoms with Gasteiger partial charge in [-0.15, -0.1) is 48.1 Å². The van der Waals surface area contributed by atoms with Crippen molar-refractivity contribution in [3.05, 3.63) is 223 Å². The van der Waals surface area contributed by atoms with E-state index in [2.05, 4.69) is 275 Å². The average Bonchev–Trinajstić information content (AvgIpc) is 3.98. The van der Waals surface area contributed by atoms with Crippen molar-refractivity contribution in [2.45, 2.75) is 112 Å². The number of pyridine rings is 1. The molecule has 0 N–H and O–H groups in total. The molecule has 0 radical (unpaired) electrons. The van der Waals surface area contributed by atoms with Crippen LogP contribution in [0.1, 0.15) is 111 Å². The molecule has 1 aliphatic rings. The molecule has 0 saturated heterocycles. The molecule has 0 aliphatic carbocycles. The Morgan fingerprint density at radius 2 is 1.06 bits per heavy atom. The number of hydrogen-bond acceptors (Lipinski definition) is 4. The molecule has 0 unspecified atom stereocenters. The van der Waals surface area contributed by atoms with Crippen LogP contribution in [-0.2, 0) is 42.7 Å². The molecule has 77 heavy (non-hydrogen) atoms. The van der Waals surface area contributed by atoms with Gasteiger partial charge < -0.3 is 19.1 Å². The number of benzene rings is 8. The molecular formula is C71H69N4OPt-3. The number of aromatic nitrogens is 2. The minimum absolute atomic E-state index is 0. The number of hydrogen-bond donors (Lipinski definition) is 0. The van der Waals surface area contributed by atoms with Gasteiger partial charge in [0.25, 0.3) is 0 Å². The topological polar surface area (TPSA) is 33.5 Å². The van der Waals surface area contributed by atoms with Gasteiger partial charge >= 0.3 is 0 Å². The fourth-order valence-corrected chi connectivity index (χ4v) is 10.4. The van der Waals surface area contributed by atoms with E-state index in [1.165, 1.54) is 38.9 Å². The van der Waals surface area contributed by atoms with Gasteiger partial charge in [0, 0.05) is 66.9 Å². The summed E-state index contributed by atoms with van der Waals surface area (Å²) in [6, 6.07) is 69.0. The summed E-state index contributed by atoms with van der Waals surface area (Å²) in [6.45, 7) is 31.7. The number of fused-ring (bicyclic) bond motifs is 4. The summed E-state index contributed by atoms with van der Waals surface area (Å²) in [6.07, 6.45) is 2.02. The Bertz CT molecular complexity index is 3790. The van der Waals surface area contributed by atoms with Gasteiger partial charge in [-0.2, -0.15) is 12.1 Å². The van der Waals surface area contributed by atoms with Crippen molar-refractivity contribution in [3.8, 4) is 50.7 Å². The van der Waals surface area contributed by atoms with Crippen molar-refractivity contribution < 1.29 is 25.8 Å². The van der Waals surface area contributed by atoms with Crippen LogP contribution in [0.4, 0.5) is 22.7 Å². The monoisotopic (exact) mass is 1190 g/mol.